The van der Waals surface area contributed by atoms with Crippen LogP contribution in [0, 0.1) is 0 Å². The molecule has 0 radical (unpaired) electrons. The van der Waals surface area contributed by atoms with Crippen molar-refractivity contribution in [3.63, 3.8) is 0 Å². The minimum absolute atomic E-state index is 0.0307. The Labute approximate surface area is 92.3 Å². The number of ketones is 1. The van der Waals surface area contributed by atoms with E-state index in [0.717, 1.165) is 6.07 Å². The lowest BCUT2D eigenvalue weighted by molar-refractivity contribution is -0.139. The van der Waals surface area contributed by atoms with Crippen LogP contribution in [0.2, 0.25) is 0 Å². The molecule has 0 saturated heterocycles. The Morgan fingerprint density at radius 3 is 2.44 bits per heavy atom. The molecule has 0 aliphatic rings. The van der Waals surface area contributed by atoms with Crippen molar-refractivity contribution in [2.45, 2.75) is 13.3 Å². The predicted octanol–water partition coefficient (Wildman–Crippen LogP) is 1.02. The lowest BCUT2D eigenvalue weighted by Crippen LogP contribution is -2.09. The molecule has 0 atom stereocenters. The van der Waals surface area contributed by atoms with Crippen molar-refractivity contribution in [1.29, 1.82) is 0 Å². The highest BCUT2D eigenvalue weighted by atomic mass is 16.5. The lowest BCUT2D eigenvalue weighted by atomic mass is 10.1. The van der Waals surface area contributed by atoms with Crippen LogP contribution in [-0.2, 0) is 16.0 Å². The van der Waals surface area contributed by atoms with E-state index >= 15 is 0 Å². The summed E-state index contributed by atoms with van der Waals surface area (Å²) in [6.07, 6.45) is -0.173. The zero-order valence-corrected chi connectivity index (χ0v) is 8.98. The van der Waals surface area contributed by atoms with Gasteiger partial charge in [-0.1, -0.05) is 0 Å². The maximum absolute atomic E-state index is 11.3. The molecule has 86 valence electrons. The van der Waals surface area contributed by atoms with Crippen LogP contribution in [0.3, 0.4) is 0 Å². The number of aromatic hydroxyl groups is 2. The summed E-state index contributed by atoms with van der Waals surface area (Å²) in [5, 5.41) is 18.8. The Morgan fingerprint density at radius 2 is 1.94 bits per heavy atom. The first-order valence-electron chi connectivity index (χ1n) is 4.58. The third-order valence-corrected chi connectivity index (χ3v) is 2.10. The van der Waals surface area contributed by atoms with E-state index in [4.69, 9.17) is 0 Å². The van der Waals surface area contributed by atoms with Crippen molar-refractivity contribution >= 4 is 11.8 Å². The molecule has 1 aromatic carbocycles. The van der Waals surface area contributed by atoms with Crippen molar-refractivity contribution in [3.05, 3.63) is 23.3 Å². The van der Waals surface area contributed by atoms with Crippen molar-refractivity contribution in [2.24, 2.45) is 0 Å². The van der Waals surface area contributed by atoms with E-state index in [0.29, 0.717) is 0 Å². The molecule has 0 heterocycles. The van der Waals surface area contributed by atoms with Crippen LogP contribution >= 0.6 is 0 Å². The lowest BCUT2D eigenvalue weighted by Gasteiger charge is -2.08. The maximum atomic E-state index is 11.3. The molecule has 1 rings (SSSR count). The molecule has 0 spiro atoms. The third-order valence-electron chi connectivity index (χ3n) is 2.10. The highest BCUT2D eigenvalue weighted by Crippen LogP contribution is 2.28. The number of hydrogen-bond acceptors (Lipinski definition) is 5. The fourth-order valence-corrected chi connectivity index (χ4v) is 1.44. The Hall–Kier alpha value is -2.04. The van der Waals surface area contributed by atoms with Gasteiger partial charge in [0.1, 0.15) is 11.5 Å². The zero-order valence-electron chi connectivity index (χ0n) is 8.98. The summed E-state index contributed by atoms with van der Waals surface area (Å²) in [6, 6.07) is 2.31. The number of phenols is 2. The average Bonchev–Trinajstić information content (AvgIpc) is 2.15. The summed E-state index contributed by atoms with van der Waals surface area (Å²) in [5.74, 6) is -1.48. The van der Waals surface area contributed by atoms with Gasteiger partial charge >= 0.3 is 5.97 Å². The van der Waals surface area contributed by atoms with Gasteiger partial charge in [-0.3, -0.25) is 9.59 Å². The van der Waals surface area contributed by atoms with Gasteiger partial charge < -0.3 is 14.9 Å². The van der Waals surface area contributed by atoms with E-state index in [9.17, 15) is 19.8 Å². The van der Waals surface area contributed by atoms with Gasteiger partial charge in [0, 0.05) is 6.07 Å². The van der Waals surface area contributed by atoms with Gasteiger partial charge in [0.25, 0.3) is 0 Å². The second-order valence-corrected chi connectivity index (χ2v) is 3.31. The minimum atomic E-state index is -0.549. The molecule has 0 aliphatic heterocycles. The summed E-state index contributed by atoms with van der Waals surface area (Å²) in [4.78, 5) is 22.4. The fraction of sp³-hybridized carbons (Fsp3) is 0.273. The SMILES string of the molecule is COC(=O)Cc1cc(O)cc(O)c1[13C]([13CH3])=O. The predicted molar refractivity (Wildman–Crippen MR) is 55.5 cm³/mol. The van der Waals surface area contributed by atoms with Crippen LogP contribution < -0.4 is 0 Å². The highest BCUT2D eigenvalue weighted by molar-refractivity contribution is 5.99. The van der Waals surface area contributed by atoms with Crippen LogP contribution in [0.5, 0.6) is 11.5 Å². The minimum Gasteiger partial charge on any atom is -0.508 e. The number of methoxy groups -OCH3 is 1. The number of carbonyl (C=O) groups excluding carboxylic acids is 2. The number of ether oxygens (including phenoxy) is 1. The molecule has 5 nitrogen and oxygen atoms in total. The van der Waals surface area contributed by atoms with E-state index in [2.05, 4.69) is 4.74 Å². The number of phenolic OH excluding ortho intramolecular Hbond substituents is 2. The summed E-state index contributed by atoms with van der Waals surface area (Å²) < 4.78 is 4.46. The smallest absolute Gasteiger partial charge is 0.310 e. The number of benzene rings is 1. The molecule has 2 N–H and O–H groups in total. The molecule has 0 unspecified atom stereocenters. The van der Waals surface area contributed by atoms with E-state index in [1.807, 2.05) is 0 Å². The zero-order chi connectivity index (χ0) is 12.3. The first kappa shape index (κ1) is 12.0. The van der Waals surface area contributed by atoms with Crippen LogP contribution in [0.4, 0.5) is 0 Å². The van der Waals surface area contributed by atoms with Gasteiger partial charge in [-0.2, -0.15) is 0 Å². The van der Waals surface area contributed by atoms with Crippen molar-refractivity contribution in [3.8, 4) is 11.5 Å². The second-order valence-electron chi connectivity index (χ2n) is 3.31. The van der Waals surface area contributed by atoms with Crippen LogP contribution in [0.25, 0.3) is 0 Å². The van der Waals surface area contributed by atoms with Gasteiger partial charge in [-0.25, -0.2) is 0 Å². The van der Waals surface area contributed by atoms with Crippen molar-refractivity contribution in [2.75, 3.05) is 7.11 Å². The summed E-state index contributed by atoms with van der Waals surface area (Å²) >= 11 is 0. The van der Waals surface area contributed by atoms with Gasteiger partial charge in [-0.15, -0.1) is 0 Å². The maximum Gasteiger partial charge on any atom is 0.310 e. The first-order chi connectivity index (χ1) is 7.45. The Morgan fingerprint density at radius 1 is 1.31 bits per heavy atom. The molecule has 5 heteroatoms. The van der Waals surface area contributed by atoms with Crippen LogP contribution in [0.15, 0.2) is 12.1 Å². The molecular weight excluding hydrogens is 214 g/mol. The number of Topliss-reactive ketones (excluding diaryl/α,β-unsaturated/α-hetero) is 1. The largest absolute Gasteiger partial charge is 0.508 e. The summed E-state index contributed by atoms with van der Waals surface area (Å²) in [5.41, 5.74) is 0.278. The molecule has 16 heavy (non-hydrogen) atoms. The molecule has 0 amide bonds. The molecule has 0 aliphatic carbocycles. The highest BCUT2D eigenvalue weighted by Gasteiger charge is 2.17. The summed E-state index contributed by atoms with van der Waals surface area (Å²) in [6.45, 7) is 1.27. The normalized spacial score (nSPS) is 9.88. The van der Waals surface area contributed by atoms with E-state index < -0.39 is 5.97 Å². The van der Waals surface area contributed by atoms with Gasteiger partial charge in [-0.05, 0) is 18.6 Å². The monoisotopic (exact) mass is 226 g/mol. The standard InChI is InChI=1S/C11H12O5/c1-6(12)11-7(4-10(15)16-2)3-8(13)5-9(11)14/h3,5,13-14H,4H2,1-2H3/i1+1,6+1. The molecular formula is C11H12O5. The third kappa shape index (κ3) is 2.50. The Bertz CT molecular complexity index is 436. The summed E-state index contributed by atoms with van der Waals surface area (Å²) in [7, 11) is 1.22. The first-order valence-corrected chi connectivity index (χ1v) is 4.58. The number of rotatable bonds is 3. The molecule has 1 aromatic rings. The van der Waals surface area contributed by atoms with E-state index in [1.165, 1.54) is 20.1 Å². The molecule has 0 bridgehead atoms. The number of hydrogen-bond donors (Lipinski definition) is 2. The number of carbonyl (C=O) groups is 2. The molecule has 0 fully saturated rings. The van der Waals surface area contributed by atoms with E-state index in [1.54, 1.807) is 0 Å². The van der Waals surface area contributed by atoms with Gasteiger partial charge in [0.15, 0.2) is 5.78 Å². The topological polar surface area (TPSA) is 83.8 Å². The Kier molecular flexibility index (Phi) is 3.50. The molecule has 0 saturated carbocycles. The van der Waals surface area contributed by atoms with Crippen LogP contribution in [0.1, 0.15) is 22.8 Å². The Balaban J connectivity index is 3.24. The molecule has 0 aromatic heterocycles. The number of esters is 1. The van der Waals surface area contributed by atoms with Crippen molar-refractivity contribution < 1.29 is 24.5 Å². The quantitative estimate of drug-likeness (QED) is 0.456. The van der Waals surface area contributed by atoms with Gasteiger partial charge in [0.05, 0.1) is 19.1 Å². The van der Waals surface area contributed by atoms with Crippen LogP contribution in [-0.4, -0.2) is 29.1 Å². The fourth-order valence-electron chi connectivity index (χ4n) is 1.44. The second kappa shape index (κ2) is 4.65. The van der Waals surface area contributed by atoms with Gasteiger partial charge in [0.2, 0.25) is 0 Å². The van der Waals surface area contributed by atoms with E-state index in [-0.39, 0.29) is 34.8 Å². The average molecular weight is 226 g/mol. The van der Waals surface area contributed by atoms with Crippen molar-refractivity contribution in [1.82, 2.24) is 0 Å².